The molecule has 4 aliphatic heterocycles. The predicted molar refractivity (Wildman–Crippen MR) is 260 cm³/mol. The molecule has 368 valence electrons. The van der Waals surface area contributed by atoms with E-state index in [0.717, 1.165) is 83.7 Å². The number of rotatable bonds is 12. The molecule has 5 fully saturated rings. The third-order valence-electron chi connectivity index (χ3n) is 15.5. The van der Waals surface area contributed by atoms with Gasteiger partial charge < -0.3 is 34.1 Å². The Morgan fingerprint density at radius 2 is 1.71 bits per heavy atom. The predicted octanol–water partition coefficient (Wildman–Crippen LogP) is 6.32. The van der Waals surface area contributed by atoms with Gasteiger partial charge in [-0.3, -0.25) is 29.4 Å². The number of likely N-dealkylation sites (tertiary alicyclic amines) is 1. The zero-order valence-electron chi connectivity index (χ0n) is 39.7. The maximum Gasteiger partial charge on any atom is 0.420 e. The van der Waals surface area contributed by atoms with Crippen molar-refractivity contribution < 1.29 is 37.7 Å². The minimum Gasteiger partial charge on any atom is -0.508 e. The van der Waals surface area contributed by atoms with E-state index in [2.05, 4.69) is 30.0 Å². The Balaban J connectivity index is 0.732. The summed E-state index contributed by atoms with van der Waals surface area (Å²) in [6, 6.07) is 10.8. The molecule has 3 N–H and O–H groups in total. The number of carbonyl (C=O) groups is 2. The number of piperazine rings is 1. The lowest BCUT2D eigenvalue weighted by molar-refractivity contribution is -0.135. The van der Waals surface area contributed by atoms with Crippen LogP contribution < -0.4 is 25.6 Å². The number of hydrogen-bond acceptors (Lipinski definition) is 14. The number of halogens is 2. The number of fused-ring (bicyclic) bond motifs is 3. The van der Waals surface area contributed by atoms with E-state index in [-0.39, 0.29) is 52.7 Å². The van der Waals surface area contributed by atoms with Gasteiger partial charge in [0.2, 0.25) is 11.8 Å². The Labute approximate surface area is 403 Å². The number of ether oxygens (including phenoxy) is 1. The molecular formula is C52H59F2N9O7. The van der Waals surface area contributed by atoms with Gasteiger partial charge in [0, 0.05) is 87.7 Å². The summed E-state index contributed by atoms with van der Waals surface area (Å²) in [6.45, 7) is 12.3. The van der Waals surface area contributed by atoms with Crippen LogP contribution in [0.3, 0.4) is 0 Å². The summed E-state index contributed by atoms with van der Waals surface area (Å²) >= 11 is 0. The number of hydrogen-bond donors (Lipinski definition) is 3. The standard InChI is InChI=1S/C52H59F2N9O7/c1-3-35-38(53)7-5-32-23-34(64)25-36(43(32)35)45-44(54)46-37(26-55-45)47(62-16-4-13-51(2,68)28-62)58-49(57-46)69-30-52(14-15-52)29-60-17-11-31(12-18-60)27-59-19-21-61(22-20-59)33-6-8-39-41(24-33)70-50(67)63(39)40-9-10-42(65)56-48(40)66/h5-8,23-26,31,40,64,68H,3-4,9-22,27-30H2,1-2H3,(H,56,65,66)/t40?,51-/m1/s1. The molecule has 2 amide bonds. The van der Waals surface area contributed by atoms with Gasteiger partial charge in [0.1, 0.15) is 34.6 Å². The number of piperidine rings is 3. The third kappa shape index (κ3) is 8.93. The van der Waals surface area contributed by atoms with Crippen LogP contribution in [-0.4, -0.2) is 129 Å². The van der Waals surface area contributed by atoms with Gasteiger partial charge in [0.15, 0.2) is 11.4 Å². The molecule has 0 spiro atoms. The molecule has 6 aromatic rings. The fraction of sp³-hybridized carbons (Fsp3) is 0.500. The van der Waals surface area contributed by atoms with Gasteiger partial charge >= 0.3 is 11.8 Å². The lowest BCUT2D eigenvalue weighted by atomic mass is 9.94. The molecule has 1 aliphatic carbocycles. The highest BCUT2D eigenvalue weighted by molar-refractivity contribution is 6.02. The number of aryl methyl sites for hydroxylation is 1. The Hall–Kier alpha value is -6.24. The number of nitrogens with zero attached hydrogens (tertiary/aromatic N) is 8. The van der Waals surface area contributed by atoms with Crippen molar-refractivity contribution in [2.45, 2.75) is 83.3 Å². The van der Waals surface area contributed by atoms with E-state index < -0.39 is 34.9 Å². The van der Waals surface area contributed by atoms with E-state index >= 15 is 8.78 Å². The summed E-state index contributed by atoms with van der Waals surface area (Å²) in [7, 11) is 0. The molecule has 70 heavy (non-hydrogen) atoms. The zero-order valence-corrected chi connectivity index (χ0v) is 39.7. The first-order valence-corrected chi connectivity index (χ1v) is 24.8. The lowest BCUT2D eigenvalue weighted by Crippen LogP contribution is -2.49. The molecule has 18 heteroatoms. The Morgan fingerprint density at radius 3 is 2.46 bits per heavy atom. The van der Waals surface area contributed by atoms with Crippen LogP contribution in [-0.2, 0) is 16.0 Å². The fourth-order valence-corrected chi connectivity index (χ4v) is 11.5. The van der Waals surface area contributed by atoms with E-state index in [1.54, 1.807) is 13.0 Å². The largest absolute Gasteiger partial charge is 0.508 e. The molecule has 2 atom stereocenters. The van der Waals surface area contributed by atoms with E-state index in [9.17, 15) is 24.6 Å². The van der Waals surface area contributed by atoms with Gasteiger partial charge in [-0.2, -0.15) is 9.97 Å². The second kappa shape index (κ2) is 18.2. The SMILES string of the molecule is CCc1c(F)ccc2cc(O)cc(-c3ncc4c(N5CCC[C@@](C)(O)C5)nc(OCC5(CN6CCC(CN7CCN(c8ccc9c(c8)oc(=O)n9C8CCC(=O)NC8=O)CC7)CC6)CC5)nc4c3F)c12. The molecule has 11 rings (SSSR count). The minimum absolute atomic E-state index is 0.00472. The summed E-state index contributed by atoms with van der Waals surface area (Å²) in [5.74, 6) is -1.64. The van der Waals surface area contributed by atoms with Crippen LogP contribution in [0.1, 0.15) is 76.8 Å². The maximum atomic E-state index is 17.1. The molecule has 3 aromatic heterocycles. The second-order valence-corrected chi connectivity index (χ2v) is 20.7. The average molecular weight is 960 g/mol. The third-order valence-corrected chi connectivity index (χ3v) is 15.5. The van der Waals surface area contributed by atoms with Crippen LogP contribution in [0.15, 0.2) is 57.9 Å². The molecule has 3 aromatic carbocycles. The topological polar surface area (TPSA) is 183 Å². The number of oxazole rings is 1. The monoisotopic (exact) mass is 959 g/mol. The summed E-state index contributed by atoms with van der Waals surface area (Å²) in [4.78, 5) is 60.5. The van der Waals surface area contributed by atoms with Crippen LogP contribution >= 0.6 is 0 Å². The summed E-state index contributed by atoms with van der Waals surface area (Å²) in [5, 5.41) is 25.6. The number of aromatic nitrogens is 4. The van der Waals surface area contributed by atoms with Gasteiger partial charge in [-0.05, 0) is 124 Å². The number of pyridine rings is 1. The number of aliphatic hydroxyl groups is 1. The first-order chi connectivity index (χ1) is 33.7. The number of phenolic OH excluding ortho intramolecular Hbond substituents is 1. The smallest absolute Gasteiger partial charge is 0.420 e. The normalized spacial score (nSPS) is 22.6. The number of nitrogens with one attached hydrogen (secondary N) is 1. The van der Waals surface area contributed by atoms with Crippen molar-refractivity contribution in [3.05, 3.63) is 76.4 Å². The summed E-state index contributed by atoms with van der Waals surface area (Å²) in [6.07, 6.45) is 7.86. The van der Waals surface area contributed by atoms with Crippen LogP contribution in [0.25, 0.3) is 44.0 Å². The van der Waals surface area contributed by atoms with Gasteiger partial charge in [-0.1, -0.05) is 13.0 Å². The highest BCUT2D eigenvalue weighted by Gasteiger charge is 2.46. The van der Waals surface area contributed by atoms with Crippen LogP contribution in [0.2, 0.25) is 0 Å². The number of β-amino-alcohol motifs (C(OH)–C–C–N with tert-alkyl or cyclic N) is 1. The van der Waals surface area contributed by atoms with Crippen LogP contribution in [0.4, 0.5) is 20.3 Å². The Kier molecular flexibility index (Phi) is 12.0. The molecule has 5 aliphatic rings. The molecule has 1 saturated carbocycles. The highest BCUT2D eigenvalue weighted by atomic mass is 19.1. The molecule has 0 radical (unpaired) electrons. The quantitative estimate of drug-likeness (QED) is 0.116. The van der Waals surface area contributed by atoms with Crippen molar-refractivity contribution in [2.24, 2.45) is 11.3 Å². The van der Waals surface area contributed by atoms with Crippen molar-refractivity contribution in [3.63, 3.8) is 0 Å². The number of carbonyl (C=O) groups excluding carboxylic acids is 2. The van der Waals surface area contributed by atoms with Crippen molar-refractivity contribution in [2.75, 3.05) is 81.9 Å². The number of imide groups is 1. The number of amides is 2. The summed E-state index contributed by atoms with van der Waals surface area (Å²) in [5.41, 5.74) is 1.51. The van der Waals surface area contributed by atoms with E-state index in [1.807, 2.05) is 30.0 Å². The maximum absolute atomic E-state index is 17.1. The lowest BCUT2D eigenvalue weighted by Gasteiger charge is -2.40. The van der Waals surface area contributed by atoms with E-state index in [1.165, 1.54) is 29.0 Å². The van der Waals surface area contributed by atoms with E-state index in [4.69, 9.17) is 14.1 Å². The van der Waals surface area contributed by atoms with Crippen LogP contribution in [0, 0.1) is 23.0 Å². The molecule has 0 bridgehead atoms. The van der Waals surface area contributed by atoms with Crippen molar-refractivity contribution in [3.8, 4) is 23.0 Å². The Bertz CT molecular complexity index is 3080. The number of phenols is 1. The van der Waals surface area contributed by atoms with Gasteiger partial charge in [-0.15, -0.1) is 0 Å². The van der Waals surface area contributed by atoms with Gasteiger partial charge in [-0.25, -0.2) is 13.6 Å². The fourth-order valence-electron chi connectivity index (χ4n) is 11.5. The number of anilines is 2. The van der Waals surface area contributed by atoms with Crippen molar-refractivity contribution >= 4 is 56.1 Å². The van der Waals surface area contributed by atoms with Crippen molar-refractivity contribution in [1.29, 1.82) is 0 Å². The van der Waals surface area contributed by atoms with Crippen LogP contribution in [0.5, 0.6) is 11.8 Å². The summed E-state index contributed by atoms with van der Waals surface area (Å²) < 4.78 is 45.7. The molecule has 4 saturated heterocycles. The number of benzene rings is 3. The second-order valence-electron chi connectivity index (χ2n) is 20.7. The highest BCUT2D eigenvalue weighted by Crippen LogP contribution is 2.47. The average Bonchev–Trinajstić information content (AvgIpc) is 4.03. The molecule has 7 heterocycles. The van der Waals surface area contributed by atoms with Crippen molar-refractivity contribution in [1.82, 2.24) is 34.6 Å². The van der Waals surface area contributed by atoms with E-state index in [0.29, 0.717) is 83.5 Å². The first-order valence-electron chi connectivity index (χ1n) is 24.8. The zero-order chi connectivity index (χ0) is 48.5. The molecule has 16 nitrogen and oxygen atoms in total. The first kappa shape index (κ1) is 46.2. The Morgan fingerprint density at radius 1 is 0.914 bits per heavy atom. The molecule has 1 unspecified atom stereocenters. The van der Waals surface area contributed by atoms with Gasteiger partial charge in [0.05, 0.1) is 23.1 Å². The van der Waals surface area contributed by atoms with Gasteiger partial charge in [0.25, 0.3) is 0 Å². The number of aromatic hydroxyl groups is 1. The minimum atomic E-state index is -0.971. The molecular weight excluding hydrogens is 901 g/mol.